The van der Waals surface area contributed by atoms with Gasteiger partial charge in [0.05, 0.1) is 13.2 Å². The van der Waals surface area contributed by atoms with E-state index in [-0.39, 0.29) is 11.6 Å². The van der Waals surface area contributed by atoms with Gasteiger partial charge in [0.1, 0.15) is 23.1 Å². The van der Waals surface area contributed by atoms with Crippen molar-refractivity contribution in [3.8, 4) is 45.5 Å². The van der Waals surface area contributed by atoms with Crippen molar-refractivity contribution < 1.29 is 22.7 Å². The van der Waals surface area contributed by atoms with Crippen molar-refractivity contribution in [1.82, 2.24) is 10.2 Å². The highest BCUT2D eigenvalue weighted by atomic mass is 19.1. The molecule has 7 heteroatoms. The summed E-state index contributed by atoms with van der Waals surface area (Å²) in [6.07, 6.45) is 9.33. The Kier molecular flexibility index (Phi) is 10.9. The molecule has 1 heterocycles. The molecule has 0 unspecified atom stereocenters. The third kappa shape index (κ3) is 9.23. The number of hydrogen-bond acceptors (Lipinski definition) is 5. The van der Waals surface area contributed by atoms with Crippen molar-refractivity contribution in [3.05, 3.63) is 109 Å². The van der Waals surface area contributed by atoms with Gasteiger partial charge in [-0.3, -0.25) is 0 Å². The second-order valence-electron chi connectivity index (χ2n) is 10.5. The van der Waals surface area contributed by atoms with Crippen molar-refractivity contribution in [2.75, 3.05) is 13.2 Å². The zero-order valence-electron chi connectivity index (χ0n) is 24.2. The number of halogens is 2. The van der Waals surface area contributed by atoms with Crippen molar-refractivity contribution >= 4 is 0 Å². The second-order valence-corrected chi connectivity index (χ2v) is 10.5. The van der Waals surface area contributed by atoms with E-state index in [4.69, 9.17) is 13.9 Å². The second kappa shape index (κ2) is 15.6. The highest BCUT2D eigenvalue weighted by Crippen LogP contribution is 2.26. The van der Waals surface area contributed by atoms with Crippen LogP contribution in [0, 0.1) is 11.6 Å². The van der Waals surface area contributed by atoms with Gasteiger partial charge in [-0.05, 0) is 96.8 Å². The minimum Gasteiger partial charge on any atom is -0.494 e. The molecule has 1 aromatic heterocycles. The van der Waals surface area contributed by atoms with Crippen LogP contribution in [-0.2, 0) is 0 Å². The van der Waals surface area contributed by atoms with Crippen LogP contribution in [0.5, 0.6) is 11.5 Å². The summed E-state index contributed by atoms with van der Waals surface area (Å²) < 4.78 is 43.8. The van der Waals surface area contributed by atoms with Crippen LogP contribution in [-0.4, -0.2) is 23.4 Å². The molecular weight excluding hydrogens is 546 g/mol. The summed E-state index contributed by atoms with van der Waals surface area (Å²) in [6.45, 7) is 1.41. The maximum atomic E-state index is 13.1. The number of rotatable bonds is 16. The minimum absolute atomic E-state index is 0.225. The van der Waals surface area contributed by atoms with Gasteiger partial charge in [0, 0.05) is 11.1 Å². The molecule has 5 nitrogen and oxygen atoms in total. The molecule has 222 valence electrons. The molecule has 0 spiro atoms. The first-order valence-corrected chi connectivity index (χ1v) is 15.0. The third-order valence-electron chi connectivity index (χ3n) is 7.23. The predicted molar refractivity (Wildman–Crippen MR) is 165 cm³/mol. The van der Waals surface area contributed by atoms with E-state index >= 15 is 0 Å². The summed E-state index contributed by atoms with van der Waals surface area (Å²) in [6, 6.07) is 28.1. The number of aromatic nitrogens is 2. The van der Waals surface area contributed by atoms with Crippen molar-refractivity contribution in [3.63, 3.8) is 0 Å². The van der Waals surface area contributed by atoms with Crippen LogP contribution in [0.25, 0.3) is 34.0 Å². The molecule has 0 saturated carbocycles. The Bertz CT molecular complexity index is 1520. The molecule has 0 aliphatic rings. The fourth-order valence-electron chi connectivity index (χ4n) is 4.77. The standard InChI is InChI=1S/C36H36F2N2O3/c37-31-17-9-27(10-18-31)28-13-21-33(22-14-28)41-25-7-5-3-1-2-4-6-8-26-42-34-23-15-30(16-24-34)36-40-39-35(43-36)29-11-19-32(38)20-12-29/h9-24H,1-8,25-26H2. The van der Waals surface area contributed by atoms with Gasteiger partial charge in [0.25, 0.3) is 0 Å². The summed E-state index contributed by atoms with van der Waals surface area (Å²) in [5.74, 6) is 1.91. The molecule has 0 atom stereocenters. The summed E-state index contributed by atoms with van der Waals surface area (Å²) in [4.78, 5) is 0. The highest BCUT2D eigenvalue weighted by molar-refractivity contribution is 5.64. The van der Waals surface area contributed by atoms with Crippen molar-refractivity contribution in [2.45, 2.75) is 51.4 Å². The Balaban J connectivity index is 0.878. The number of unbranched alkanes of at least 4 members (excludes halogenated alkanes) is 7. The van der Waals surface area contributed by atoms with E-state index in [1.165, 1.54) is 56.4 Å². The topological polar surface area (TPSA) is 57.4 Å². The van der Waals surface area contributed by atoms with Gasteiger partial charge >= 0.3 is 0 Å². The van der Waals surface area contributed by atoms with E-state index < -0.39 is 0 Å². The Morgan fingerprint density at radius 2 is 0.744 bits per heavy atom. The van der Waals surface area contributed by atoms with E-state index in [0.717, 1.165) is 54.1 Å². The van der Waals surface area contributed by atoms with Gasteiger partial charge in [0.2, 0.25) is 11.8 Å². The lowest BCUT2D eigenvalue weighted by Crippen LogP contribution is -1.98. The molecule has 43 heavy (non-hydrogen) atoms. The van der Waals surface area contributed by atoms with Gasteiger partial charge in [0.15, 0.2) is 0 Å². The molecule has 0 N–H and O–H groups in total. The van der Waals surface area contributed by atoms with Crippen LogP contribution in [0.3, 0.4) is 0 Å². The van der Waals surface area contributed by atoms with Gasteiger partial charge in [-0.25, -0.2) is 8.78 Å². The normalized spacial score (nSPS) is 11.0. The summed E-state index contributed by atoms with van der Waals surface area (Å²) >= 11 is 0. The monoisotopic (exact) mass is 582 g/mol. The number of benzene rings is 4. The molecule has 0 fully saturated rings. The molecular formula is C36H36F2N2O3. The molecule has 0 saturated heterocycles. The number of nitrogens with zero attached hydrogens (tertiary/aromatic N) is 2. The van der Waals surface area contributed by atoms with E-state index in [0.29, 0.717) is 24.0 Å². The maximum Gasteiger partial charge on any atom is 0.248 e. The number of ether oxygens (including phenoxy) is 2. The van der Waals surface area contributed by atoms with Gasteiger partial charge in [-0.15, -0.1) is 10.2 Å². The smallest absolute Gasteiger partial charge is 0.248 e. The van der Waals surface area contributed by atoms with Gasteiger partial charge < -0.3 is 13.9 Å². The van der Waals surface area contributed by atoms with E-state index in [1.54, 1.807) is 24.3 Å². The lowest BCUT2D eigenvalue weighted by Gasteiger charge is -2.08. The van der Waals surface area contributed by atoms with Gasteiger partial charge in [-0.1, -0.05) is 62.8 Å². The van der Waals surface area contributed by atoms with E-state index in [1.807, 2.05) is 48.5 Å². The van der Waals surface area contributed by atoms with Crippen LogP contribution < -0.4 is 9.47 Å². The predicted octanol–water partition coefficient (Wildman–Crippen LogP) is 9.93. The molecule has 5 rings (SSSR count). The van der Waals surface area contributed by atoms with Crippen LogP contribution in [0.4, 0.5) is 8.78 Å². The Labute approximate surface area is 251 Å². The SMILES string of the molecule is Fc1ccc(-c2ccc(OCCCCCCCCCCOc3ccc(-c4nnc(-c5ccc(F)cc5)o4)cc3)cc2)cc1. The summed E-state index contributed by atoms with van der Waals surface area (Å²) in [5.41, 5.74) is 3.52. The third-order valence-corrected chi connectivity index (χ3v) is 7.23. The van der Waals surface area contributed by atoms with Crippen LogP contribution in [0.2, 0.25) is 0 Å². The zero-order chi connectivity index (χ0) is 29.7. The molecule has 0 aliphatic carbocycles. The van der Waals surface area contributed by atoms with Crippen LogP contribution in [0.15, 0.2) is 101 Å². The first-order chi connectivity index (χ1) is 21.1. The van der Waals surface area contributed by atoms with Crippen molar-refractivity contribution in [2.24, 2.45) is 0 Å². The minimum atomic E-state index is -0.308. The fraction of sp³-hybridized carbons (Fsp3) is 0.278. The molecule has 0 bridgehead atoms. The van der Waals surface area contributed by atoms with Crippen LogP contribution in [0.1, 0.15) is 51.4 Å². The molecule has 4 aromatic carbocycles. The lowest BCUT2D eigenvalue weighted by atomic mass is 10.1. The Morgan fingerprint density at radius 1 is 0.419 bits per heavy atom. The molecule has 0 aliphatic heterocycles. The average molecular weight is 583 g/mol. The first-order valence-electron chi connectivity index (χ1n) is 15.0. The molecule has 5 aromatic rings. The molecule has 0 radical (unpaired) electrons. The zero-order valence-corrected chi connectivity index (χ0v) is 24.2. The maximum absolute atomic E-state index is 13.1. The Morgan fingerprint density at radius 3 is 1.16 bits per heavy atom. The lowest BCUT2D eigenvalue weighted by molar-refractivity contribution is 0.301. The molecule has 0 amide bonds. The summed E-state index contributed by atoms with van der Waals surface area (Å²) in [5, 5.41) is 8.17. The van der Waals surface area contributed by atoms with Crippen LogP contribution >= 0.6 is 0 Å². The van der Waals surface area contributed by atoms with E-state index in [2.05, 4.69) is 10.2 Å². The number of hydrogen-bond donors (Lipinski definition) is 0. The Hall–Kier alpha value is -4.52. The quantitative estimate of drug-likeness (QED) is 0.108. The van der Waals surface area contributed by atoms with Gasteiger partial charge in [-0.2, -0.15) is 0 Å². The first kappa shape index (κ1) is 30.0. The average Bonchev–Trinajstić information content (AvgIpc) is 3.53. The highest BCUT2D eigenvalue weighted by Gasteiger charge is 2.11. The summed E-state index contributed by atoms with van der Waals surface area (Å²) in [7, 11) is 0. The van der Waals surface area contributed by atoms with Crippen molar-refractivity contribution in [1.29, 1.82) is 0 Å². The van der Waals surface area contributed by atoms with E-state index in [9.17, 15) is 8.78 Å². The fourth-order valence-corrected chi connectivity index (χ4v) is 4.77. The largest absolute Gasteiger partial charge is 0.494 e.